The number of carbonyl (C=O) groups is 1. The third-order valence-corrected chi connectivity index (χ3v) is 2.71. The Morgan fingerprint density at radius 3 is 2.82 bits per heavy atom. The van der Waals surface area contributed by atoms with Gasteiger partial charge >= 0.3 is 0 Å². The zero-order valence-corrected chi connectivity index (χ0v) is 9.79. The highest BCUT2D eigenvalue weighted by Crippen LogP contribution is 2.12. The average molecular weight is 265 g/mol. The van der Waals surface area contributed by atoms with Crippen molar-refractivity contribution in [1.82, 2.24) is 9.88 Å². The molecule has 0 fully saturated rings. The number of hydrogen-bond donors (Lipinski definition) is 2. The number of nitrogen functional groups attached to an aromatic ring is 1. The summed E-state index contributed by atoms with van der Waals surface area (Å²) in [6.07, 6.45) is -2.70. The van der Waals surface area contributed by atoms with Crippen molar-refractivity contribution in [2.45, 2.75) is 12.8 Å². The van der Waals surface area contributed by atoms with E-state index < -0.39 is 18.9 Å². The molecule has 1 aromatic heterocycles. The lowest BCUT2D eigenvalue weighted by molar-refractivity contribution is -0.133. The normalized spacial score (nSPS) is 10.8. The molecule has 0 spiro atoms. The zero-order valence-electron chi connectivity index (χ0n) is 8.97. The summed E-state index contributed by atoms with van der Waals surface area (Å²) in [5.41, 5.74) is 5.85. The van der Waals surface area contributed by atoms with Gasteiger partial charge in [-0.3, -0.25) is 4.79 Å². The highest BCUT2D eigenvalue weighted by Gasteiger charge is 2.18. The fraction of sp³-hybridized carbons (Fsp3) is 0.556. The standard InChI is InChI=1S/C9H13F2N3O2S/c10-7(11)4-14(1-2-15)8(16)3-6-5-17-9(12)13-6/h5,7,15H,1-4H2,(H2,12,13). The molecule has 0 radical (unpaired) electrons. The van der Waals surface area contributed by atoms with Crippen molar-refractivity contribution in [2.24, 2.45) is 0 Å². The third kappa shape index (κ3) is 4.61. The highest BCUT2D eigenvalue weighted by atomic mass is 32.1. The van der Waals surface area contributed by atoms with Crippen molar-refractivity contribution in [1.29, 1.82) is 0 Å². The Kier molecular flexibility index (Phi) is 5.23. The van der Waals surface area contributed by atoms with Crippen LogP contribution in [0.3, 0.4) is 0 Å². The number of nitrogens with two attached hydrogens (primary N) is 1. The van der Waals surface area contributed by atoms with Crippen LogP contribution in [0, 0.1) is 0 Å². The van der Waals surface area contributed by atoms with Gasteiger partial charge in [-0.05, 0) is 0 Å². The van der Waals surface area contributed by atoms with Crippen LogP contribution in [0.5, 0.6) is 0 Å². The second-order valence-electron chi connectivity index (χ2n) is 3.31. The highest BCUT2D eigenvalue weighted by molar-refractivity contribution is 7.13. The number of aliphatic hydroxyl groups is 1. The smallest absolute Gasteiger partial charge is 0.255 e. The van der Waals surface area contributed by atoms with Crippen LogP contribution in [0.2, 0.25) is 0 Å². The van der Waals surface area contributed by atoms with Crippen LogP contribution >= 0.6 is 11.3 Å². The summed E-state index contributed by atoms with van der Waals surface area (Å²) in [6.45, 7) is -1.14. The van der Waals surface area contributed by atoms with Crippen molar-refractivity contribution < 1.29 is 18.7 Å². The van der Waals surface area contributed by atoms with Gasteiger partial charge in [-0.2, -0.15) is 0 Å². The maximum atomic E-state index is 12.2. The van der Waals surface area contributed by atoms with Gasteiger partial charge in [0, 0.05) is 11.9 Å². The summed E-state index contributed by atoms with van der Waals surface area (Å²) in [4.78, 5) is 16.4. The zero-order chi connectivity index (χ0) is 12.8. The molecule has 0 saturated heterocycles. The van der Waals surface area contributed by atoms with E-state index >= 15 is 0 Å². The van der Waals surface area contributed by atoms with Crippen molar-refractivity contribution in [3.8, 4) is 0 Å². The Balaban J connectivity index is 2.58. The minimum absolute atomic E-state index is 0.0829. The van der Waals surface area contributed by atoms with Crippen LogP contribution in [0.4, 0.5) is 13.9 Å². The maximum absolute atomic E-state index is 12.2. The number of amides is 1. The van der Waals surface area contributed by atoms with Gasteiger partial charge in [-0.15, -0.1) is 11.3 Å². The van der Waals surface area contributed by atoms with E-state index in [1.54, 1.807) is 5.38 Å². The van der Waals surface area contributed by atoms with Crippen molar-refractivity contribution in [3.63, 3.8) is 0 Å². The van der Waals surface area contributed by atoms with Gasteiger partial charge in [-0.1, -0.05) is 0 Å². The molecule has 96 valence electrons. The molecular formula is C9H13F2N3O2S. The van der Waals surface area contributed by atoms with Gasteiger partial charge in [0.15, 0.2) is 5.13 Å². The van der Waals surface area contributed by atoms with E-state index in [0.717, 1.165) is 4.90 Å². The predicted molar refractivity (Wildman–Crippen MR) is 59.9 cm³/mol. The van der Waals surface area contributed by atoms with Crippen molar-refractivity contribution in [2.75, 3.05) is 25.4 Å². The number of halogens is 2. The van der Waals surface area contributed by atoms with E-state index in [9.17, 15) is 13.6 Å². The summed E-state index contributed by atoms with van der Waals surface area (Å²) in [5, 5.41) is 10.6. The molecule has 1 amide bonds. The molecule has 1 rings (SSSR count). The van der Waals surface area contributed by atoms with Crippen LogP contribution in [0.1, 0.15) is 5.69 Å². The summed E-state index contributed by atoms with van der Waals surface area (Å²) < 4.78 is 24.4. The Hall–Kier alpha value is -1.28. The van der Waals surface area contributed by atoms with Crippen LogP contribution < -0.4 is 5.73 Å². The lowest BCUT2D eigenvalue weighted by Gasteiger charge is -2.20. The minimum Gasteiger partial charge on any atom is -0.395 e. The summed E-state index contributed by atoms with van der Waals surface area (Å²) >= 11 is 1.18. The van der Waals surface area contributed by atoms with E-state index in [0.29, 0.717) is 10.8 Å². The number of aliphatic hydroxyl groups excluding tert-OH is 1. The topological polar surface area (TPSA) is 79.5 Å². The summed E-state index contributed by atoms with van der Waals surface area (Å²) in [5.74, 6) is -0.496. The van der Waals surface area contributed by atoms with Crippen molar-refractivity contribution >= 4 is 22.4 Å². The Morgan fingerprint density at radius 1 is 1.65 bits per heavy atom. The fourth-order valence-electron chi connectivity index (χ4n) is 1.28. The monoisotopic (exact) mass is 265 g/mol. The molecule has 0 atom stereocenters. The second kappa shape index (κ2) is 6.45. The van der Waals surface area contributed by atoms with E-state index in [1.165, 1.54) is 11.3 Å². The Bertz CT molecular complexity index is 373. The van der Waals surface area contributed by atoms with E-state index in [4.69, 9.17) is 10.8 Å². The number of thiazole rings is 1. The average Bonchev–Trinajstić information content (AvgIpc) is 2.62. The molecule has 0 aromatic carbocycles. The van der Waals surface area contributed by atoms with Gasteiger partial charge in [0.2, 0.25) is 5.91 Å². The number of aromatic nitrogens is 1. The molecule has 0 aliphatic rings. The van der Waals surface area contributed by atoms with Gasteiger partial charge < -0.3 is 15.7 Å². The Labute approximate surface area is 101 Å². The molecule has 1 heterocycles. The molecule has 0 aliphatic carbocycles. The van der Waals surface area contributed by atoms with Gasteiger partial charge in [0.05, 0.1) is 25.3 Å². The Morgan fingerprint density at radius 2 is 2.35 bits per heavy atom. The molecule has 1 aromatic rings. The molecular weight excluding hydrogens is 252 g/mol. The van der Waals surface area contributed by atoms with Gasteiger partial charge in [-0.25, -0.2) is 13.8 Å². The lowest BCUT2D eigenvalue weighted by atomic mass is 10.3. The lowest BCUT2D eigenvalue weighted by Crippen LogP contribution is -2.38. The van der Waals surface area contributed by atoms with Crippen LogP contribution in [0.15, 0.2) is 5.38 Å². The first kappa shape index (κ1) is 13.8. The number of rotatable bonds is 6. The van der Waals surface area contributed by atoms with E-state index in [1.807, 2.05) is 0 Å². The molecule has 3 N–H and O–H groups in total. The quantitative estimate of drug-likeness (QED) is 0.778. The molecule has 17 heavy (non-hydrogen) atoms. The first-order valence-corrected chi connectivity index (χ1v) is 5.77. The van der Waals surface area contributed by atoms with E-state index in [-0.39, 0.29) is 19.6 Å². The largest absolute Gasteiger partial charge is 0.395 e. The molecule has 0 unspecified atom stereocenters. The summed E-state index contributed by atoms with van der Waals surface area (Å²) in [6, 6.07) is 0. The number of carbonyl (C=O) groups excluding carboxylic acids is 1. The third-order valence-electron chi connectivity index (χ3n) is 1.98. The predicted octanol–water partition coefficient (Wildman–Crippen LogP) is 0.354. The maximum Gasteiger partial charge on any atom is 0.255 e. The second-order valence-corrected chi connectivity index (χ2v) is 4.20. The van der Waals surface area contributed by atoms with Gasteiger partial charge in [0.1, 0.15) is 0 Å². The molecule has 0 saturated carbocycles. The molecule has 5 nitrogen and oxygen atoms in total. The first-order valence-electron chi connectivity index (χ1n) is 4.89. The molecule has 8 heteroatoms. The fourth-order valence-corrected chi connectivity index (χ4v) is 1.84. The van der Waals surface area contributed by atoms with Crippen molar-refractivity contribution in [3.05, 3.63) is 11.1 Å². The first-order chi connectivity index (χ1) is 8.02. The van der Waals surface area contributed by atoms with Gasteiger partial charge in [0.25, 0.3) is 6.43 Å². The SMILES string of the molecule is Nc1nc(CC(=O)N(CCO)CC(F)F)cs1. The summed E-state index contributed by atoms with van der Waals surface area (Å²) in [7, 11) is 0. The van der Waals surface area contributed by atoms with Crippen LogP contribution in [0.25, 0.3) is 0 Å². The minimum atomic E-state index is -2.62. The number of hydrogen-bond acceptors (Lipinski definition) is 5. The van der Waals surface area contributed by atoms with Crippen LogP contribution in [-0.4, -0.2) is 47.0 Å². The number of nitrogens with zero attached hydrogens (tertiary/aromatic N) is 2. The number of alkyl halides is 2. The van der Waals surface area contributed by atoms with E-state index in [2.05, 4.69) is 4.98 Å². The molecule has 0 aliphatic heterocycles. The number of anilines is 1. The molecule has 0 bridgehead atoms. The van der Waals surface area contributed by atoms with Crippen LogP contribution in [-0.2, 0) is 11.2 Å².